The van der Waals surface area contributed by atoms with Crippen LogP contribution in [0, 0.1) is 0 Å². The highest BCUT2D eigenvalue weighted by Crippen LogP contribution is 2.24. The first-order chi connectivity index (χ1) is 7.22. The van der Waals surface area contributed by atoms with Crippen molar-refractivity contribution in [3.05, 3.63) is 17.0 Å². The molecule has 1 aliphatic carbocycles. The molecule has 1 aliphatic rings. The molecule has 0 atom stereocenters. The van der Waals surface area contributed by atoms with Gasteiger partial charge in [-0.05, 0) is 31.9 Å². The summed E-state index contributed by atoms with van der Waals surface area (Å²) >= 11 is 1.39. The summed E-state index contributed by atoms with van der Waals surface area (Å²) in [4.78, 5) is 19.5. The Bertz CT molecular complexity index is 407. The van der Waals surface area contributed by atoms with Crippen molar-refractivity contribution in [1.82, 2.24) is 9.97 Å². The van der Waals surface area contributed by atoms with E-state index in [0.717, 1.165) is 36.9 Å². The van der Waals surface area contributed by atoms with Crippen LogP contribution in [-0.2, 0) is 12.8 Å². The monoisotopic (exact) mass is 224 g/mol. The zero-order valence-electron chi connectivity index (χ0n) is 8.49. The standard InChI is InChI=1S/C10H12N2O2S/c1-15-10-11-7-5-3-2-4-6(7)8(12-10)9(13)14/h2-5H2,1H3,(H,13,14). The van der Waals surface area contributed by atoms with Crippen molar-refractivity contribution in [2.24, 2.45) is 0 Å². The summed E-state index contributed by atoms with van der Waals surface area (Å²) in [5.41, 5.74) is 1.97. The Kier molecular flexibility index (Phi) is 2.90. The van der Waals surface area contributed by atoms with E-state index in [4.69, 9.17) is 5.11 Å². The number of nitrogens with zero attached hydrogens (tertiary/aromatic N) is 2. The van der Waals surface area contributed by atoms with Crippen LogP contribution in [0.4, 0.5) is 0 Å². The Morgan fingerprint density at radius 1 is 1.33 bits per heavy atom. The van der Waals surface area contributed by atoms with Gasteiger partial charge in [0.2, 0.25) is 0 Å². The number of carbonyl (C=O) groups is 1. The third kappa shape index (κ3) is 1.97. The maximum absolute atomic E-state index is 11.0. The number of aromatic nitrogens is 2. The Morgan fingerprint density at radius 2 is 2.07 bits per heavy atom. The van der Waals surface area contributed by atoms with E-state index in [2.05, 4.69) is 9.97 Å². The Hall–Kier alpha value is -1.10. The fourth-order valence-corrected chi connectivity index (χ4v) is 2.22. The van der Waals surface area contributed by atoms with Crippen molar-refractivity contribution in [3.8, 4) is 0 Å². The molecule has 1 aromatic heterocycles. The van der Waals surface area contributed by atoms with Gasteiger partial charge in [-0.3, -0.25) is 0 Å². The molecule has 0 saturated carbocycles. The molecule has 0 saturated heterocycles. The smallest absolute Gasteiger partial charge is 0.354 e. The molecule has 1 heterocycles. The number of fused-ring (bicyclic) bond motifs is 1. The maximum Gasteiger partial charge on any atom is 0.354 e. The van der Waals surface area contributed by atoms with Gasteiger partial charge < -0.3 is 5.11 Å². The van der Waals surface area contributed by atoms with Gasteiger partial charge in [0, 0.05) is 11.3 Å². The number of hydrogen-bond acceptors (Lipinski definition) is 4. The predicted molar refractivity (Wildman–Crippen MR) is 57.4 cm³/mol. The van der Waals surface area contributed by atoms with Crippen LogP contribution in [0.15, 0.2) is 5.16 Å². The van der Waals surface area contributed by atoms with Gasteiger partial charge in [-0.2, -0.15) is 0 Å². The fraction of sp³-hybridized carbons (Fsp3) is 0.500. The summed E-state index contributed by atoms with van der Waals surface area (Å²) in [5.74, 6) is -0.939. The van der Waals surface area contributed by atoms with Gasteiger partial charge in [-0.1, -0.05) is 11.8 Å². The first-order valence-electron chi connectivity index (χ1n) is 4.89. The number of carboxylic acid groups (broad SMARTS) is 1. The van der Waals surface area contributed by atoms with E-state index in [1.165, 1.54) is 11.8 Å². The van der Waals surface area contributed by atoms with E-state index in [9.17, 15) is 4.79 Å². The normalized spacial score (nSPS) is 14.7. The van der Waals surface area contributed by atoms with Crippen LogP contribution in [0.25, 0.3) is 0 Å². The summed E-state index contributed by atoms with van der Waals surface area (Å²) in [6.45, 7) is 0. The van der Waals surface area contributed by atoms with Crippen molar-refractivity contribution in [2.45, 2.75) is 30.8 Å². The number of rotatable bonds is 2. The Morgan fingerprint density at radius 3 is 2.73 bits per heavy atom. The molecule has 4 nitrogen and oxygen atoms in total. The van der Waals surface area contributed by atoms with Gasteiger partial charge in [0.05, 0.1) is 0 Å². The van der Waals surface area contributed by atoms with Crippen molar-refractivity contribution >= 4 is 17.7 Å². The van der Waals surface area contributed by atoms with Gasteiger partial charge in [-0.25, -0.2) is 14.8 Å². The minimum Gasteiger partial charge on any atom is -0.476 e. The molecule has 0 radical (unpaired) electrons. The lowest BCUT2D eigenvalue weighted by Gasteiger charge is -2.16. The van der Waals surface area contributed by atoms with Gasteiger partial charge in [-0.15, -0.1) is 0 Å². The second kappa shape index (κ2) is 4.18. The zero-order valence-corrected chi connectivity index (χ0v) is 9.30. The average molecular weight is 224 g/mol. The molecule has 0 fully saturated rings. The number of aryl methyl sites for hydroxylation is 1. The molecule has 0 amide bonds. The summed E-state index contributed by atoms with van der Waals surface area (Å²) in [6.07, 6.45) is 5.67. The van der Waals surface area contributed by atoms with Crippen LogP contribution in [0.3, 0.4) is 0 Å². The maximum atomic E-state index is 11.0. The number of carboxylic acids is 1. The molecule has 0 unspecified atom stereocenters. The quantitative estimate of drug-likeness (QED) is 0.612. The number of hydrogen-bond donors (Lipinski definition) is 1. The molecule has 0 spiro atoms. The lowest BCUT2D eigenvalue weighted by Crippen LogP contribution is -2.15. The van der Waals surface area contributed by atoms with E-state index >= 15 is 0 Å². The van der Waals surface area contributed by atoms with Gasteiger partial charge in [0.15, 0.2) is 10.9 Å². The highest BCUT2D eigenvalue weighted by atomic mass is 32.2. The van der Waals surface area contributed by atoms with E-state index in [0.29, 0.717) is 5.16 Å². The van der Waals surface area contributed by atoms with Crippen LogP contribution < -0.4 is 0 Å². The first kappa shape index (κ1) is 10.4. The lowest BCUT2D eigenvalue weighted by atomic mass is 9.95. The molecule has 2 rings (SSSR count). The minimum atomic E-state index is -0.939. The van der Waals surface area contributed by atoms with Crippen LogP contribution in [0.5, 0.6) is 0 Å². The molecule has 0 aromatic carbocycles. The van der Waals surface area contributed by atoms with Gasteiger partial charge in [0.1, 0.15) is 0 Å². The van der Waals surface area contributed by atoms with Crippen LogP contribution in [0.2, 0.25) is 0 Å². The van der Waals surface area contributed by atoms with E-state index in [1.54, 1.807) is 0 Å². The molecule has 5 heteroatoms. The highest BCUT2D eigenvalue weighted by Gasteiger charge is 2.21. The predicted octanol–water partition coefficient (Wildman–Crippen LogP) is 1.78. The fourth-order valence-electron chi connectivity index (χ4n) is 1.84. The summed E-state index contributed by atoms with van der Waals surface area (Å²) in [7, 11) is 0. The molecule has 1 N–H and O–H groups in total. The first-order valence-corrected chi connectivity index (χ1v) is 6.12. The number of aromatic carboxylic acids is 1. The van der Waals surface area contributed by atoms with E-state index in [1.807, 2.05) is 6.26 Å². The van der Waals surface area contributed by atoms with E-state index < -0.39 is 5.97 Å². The molecule has 0 aliphatic heterocycles. The van der Waals surface area contributed by atoms with Crippen LogP contribution in [0.1, 0.15) is 34.6 Å². The van der Waals surface area contributed by atoms with Crippen LogP contribution >= 0.6 is 11.8 Å². The third-order valence-corrected chi connectivity index (χ3v) is 3.10. The second-order valence-corrected chi connectivity index (χ2v) is 4.27. The largest absolute Gasteiger partial charge is 0.476 e. The molecule has 80 valence electrons. The van der Waals surface area contributed by atoms with Crippen molar-refractivity contribution in [2.75, 3.05) is 6.26 Å². The summed E-state index contributed by atoms with van der Waals surface area (Å²) < 4.78 is 0. The summed E-state index contributed by atoms with van der Waals surface area (Å²) in [5, 5.41) is 9.62. The Balaban J connectivity index is 2.55. The SMILES string of the molecule is CSc1nc2c(c(C(=O)O)n1)CCCC2. The molecular weight excluding hydrogens is 212 g/mol. The highest BCUT2D eigenvalue weighted by molar-refractivity contribution is 7.98. The Labute approximate surface area is 92.1 Å². The average Bonchev–Trinajstić information content (AvgIpc) is 2.27. The summed E-state index contributed by atoms with van der Waals surface area (Å²) in [6, 6.07) is 0. The van der Waals surface area contributed by atoms with Gasteiger partial charge >= 0.3 is 5.97 Å². The van der Waals surface area contributed by atoms with Crippen LogP contribution in [-0.4, -0.2) is 27.3 Å². The van der Waals surface area contributed by atoms with Crippen molar-refractivity contribution in [3.63, 3.8) is 0 Å². The molecular formula is C10H12N2O2S. The zero-order chi connectivity index (χ0) is 10.8. The minimum absolute atomic E-state index is 0.198. The second-order valence-electron chi connectivity index (χ2n) is 3.50. The van der Waals surface area contributed by atoms with Crippen molar-refractivity contribution < 1.29 is 9.90 Å². The molecule has 0 bridgehead atoms. The van der Waals surface area contributed by atoms with E-state index in [-0.39, 0.29) is 5.69 Å². The third-order valence-electron chi connectivity index (χ3n) is 2.55. The lowest BCUT2D eigenvalue weighted by molar-refractivity contribution is 0.0687. The molecule has 15 heavy (non-hydrogen) atoms. The topological polar surface area (TPSA) is 63.1 Å². The van der Waals surface area contributed by atoms with Crippen molar-refractivity contribution in [1.29, 1.82) is 0 Å². The molecule has 1 aromatic rings. The number of thioether (sulfide) groups is 1. The van der Waals surface area contributed by atoms with Gasteiger partial charge in [0.25, 0.3) is 0 Å².